The molecule has 24 heavy (non-hydrogen) atoms. The van der Waals surface area contributed by atoms with Crippen LogP contribution in [0, 0.1) is 23.2 Å². The molecule has 2 rings (SSSR count). The summed E-state index contributed by atoms with van der Waals surface area (Å²) >= 11 is 0. The largest absolute Gasteiger partial charge is 0.465 e. The first kappa shape index (κ1) is 17.7. The zero-order valence-corrected chi connectivity index (χ0v) is 14.0. The van der Waals surface area contributed by atoms with Crippen molar-refractivity contribution in [2.24, 2.45) is 11.8 Å². The van der Waals surface area contributed by atoms with Crippen molar-refractivity contribution in [2.75, 3.05) is 6.61 Å². The molecule has 3 nitrogen and oxygen atoms in total. The Hall–Kier alpha value is -2.60. The molecule has 0 bridgehead atoms. The summed E-state index contributed by atoms with van der Waals surface area (Å²) < 4.78 is 5.03. The summed E-state index contributed by atoms with van der Waals surface area (Å²) in [6.07, 6.45) is 2.19. The van der Waals surface area contributed by atoms with Crippen LogP contribution in [0.5, 0.6) is 0 Å². The van der Waals surface area contributed by atoms with Crippen LogP contribution < -0.4 is 0 Å². The zero-order valence-electron chi connectivity index (χ0n) is 14.0. The Labute approximate surface area is 143 Å². The molecule has 0 aliphatic heterocycles. The van der Waals surface area contributed by atoms with Crippen LogP contribution in [0.4, 0.5) is 0 Å². The summed E-state index contributed by atoms with van der Waals surface area (Å²) in [4.78, 5) is 12.0. The molecule has 0 aliphatic carbocycles. The van der Waals surface area contributed by atoms with Gasteiger partial charge in [0.2, 0.25) is 0 Å². The Morgan fingerprint density at radius 3 is 1.92 bits per heavy atom. The molecule has 0 radical (unpaired) electrons. The molecule has 0 amide bonds. The Bertz CT molecular complexity index is 620. The molecule has 0 heterocycles. The first-order chi connectivity index (χ1) is 11.7. The van der Waals surface area contributed by atoms with Gasteiger partial charge in [-0.25, -0.2) is 0 Å². The predicted molar refractivity (Wildman–Crippen MR) is 94.1 cm³/mol. The van der Waals surface area contributed by atoms with E-state index in [0.29, 0.717) is 13.0 Å². The van der Waals surface area contributed by atoms with Crippen LogP contribution in [0.2, 0.25) is 0 Å². The molecule has 0 fully saturated rings. The summed E-state index contributed by atoms with van der Waals surface area (Å²) in [6.45, 7) is 2.07. The van der Waals surface area contributed by atoms with Gasteiger partial charge >= 0.3 is 5.97 Å². The second-order valence-corrected chi connectivity index (χ2v) is 5.91. The summed E-state index contributed by atoms with van der Waals surface area (Å²) in [5.74, 6) is -0.905. The number of nitrogens with zero attached hydrogens (tertiary/aromatic N) is 1. The highest BCUT2D eigenvalue weighted by molar-refractivity contribution is 5.75. The minimum atomic E-state index is -0.706. The molecule has 3 heteroatoms. The molecule has 124 valence electrons. The van der Waals surface area contributed by atoms with E-state index in [2.05, 4.69) is 30.3 Å². The molecular weight excluding hydrogens is 298 g/mol. The fourth-order valence-corrected chi connectivity index (χ4v) is 2.91. The number of hydrogen-bond acceptors (Lipinski definition) is 3. The average molecular weight is 321 g/mol. The van der Waals surface area contributed by atoms with E-state index in [0.717, 1.165) is 12.8 Å². The SMILES string of the molecule is CCOC(=O)C(C#N)CC(Cc1ccccc1)Cc1ccccc1. The van der Waals surface area contributed by atoms with E-state index < -0.39 is 11.9 Å². The van der Waals surface area contributed by atoms with Gasteiger partial charge in [-0.15, -0.1) is 0 Å². The number of benzene rings is 2. The molecule has 0 saturated carbocycles. The maximum Gasteiger partial charge on any atom is 0.323 e. The van der Waals surface area contributed by atoms with Crippen molar-refractivity contribution in [1.29, 1.82) is 5.26 Å². The summed E-state index contributed by atoms with van der Waals surface area (Å²) in [7, 11) is 0. The van der Waals surface area contributed by atoms with E-state index in [9.17, 15) is 10.1 Å². The van der Waals surface area contributed by atoms with E-state index in [1.165, 1.54) is 11.1 Å². The number of ether oxygens (including phenoxy) is 1. The molecule has 0 N–H and O–H groups in total. The van der Waals surface area contributed by atoms with Crippen molar-refractivity contribution in [3.63, 3.8) is 0 Å². The third kappa shape index (κ3) is 5.55. The van der Waals surface area contributed by atoms with E-state index in [1.807, 2.05) is 36.4 Å². The molecule has 0 aliphatic rings. The lowest BCUT2D eigenvalue weighted by Gasteiger charge is -2.19. The lowest BCUT2D eigenvalue weighted by atomic mass is 9.85. The summed E-state index contributed by atoms with van der Waals surface area (Å²) in [6, 6.07) is 22.5. The van der Waals surface area contributed by atoms with E-state index >= 15 is 0 Å². The van der Waals surface area contributed by atoms with Crippen molar-refractivity contribution < 1.29 is 9.53 Å². The van der Waals surface area contributed by atoms with Crippen LogP contribution in [0.25, 0.3) is 0 Å². The van der Waals surface area contributed by atoms with Gasteiger partial charge in [-0.05, 0) is 43.2 Å². The molecule has 2 aromatic rings. The monoisotopic (exact) mass is 321 g/mol. The topological polar surface area (TPSA) is 50.1 Å². The normalized spacial score (nSPS) is 11.7. The number of esters is 1. The van der Waals surface area contributed by atoms with Crippen molar-refractivity contribution in [1.82, 2.24) is 0 Å². The van der Waals surface area contributed by atoms with E-state index in [1.54, 1.807) is 6.92 Å². The van der Waals surface area contributed by atoms with Gasteiger partial charge in [-0.2, -0.15) is 5.26 Å². The Balaban J connectivity index is 2.12. The highest BCUT2D eigenvalue weighted by Crippen LogP contribution is 2.23. The van der Waals surface area contributed by atoms with Crippen LogP contribution in [0.3, 0.4) is 0 Å². The van der Waals surface area contributed by atoms with Gasteiger partial charge in [0.05, 0.1) is 12.7 Å². The van der Waals surface area contributed by atoms with Gasteiger partial charge in [-0.3, -0.25) is 4.79 Å². The minimum Gasteiger partial charge on any atom is -0.465 e. The molecule has 0 saturated heterocycles. The number of hydrogen-bond donors (Lipinski definition) is 0. The van der Waals surface area contributed by atoms with Crippen molar-refractivity contribution >= 4 is 5.97 Å². The zero-order chi connectivity index (χ0) is 17.2. The lowest BCUT2D eigenvalue weighted by molar-refractivity contribution is -0.146. The molecule has 0 aromatic heterocycles. The van der Waals surface area contributed by atoms with Gasteiger partial charge in [0.25, 0.3) is 0 Å². The third-order valence-corrected chi connectivity index (χ3v) is 4.03. The Kier molecular flexibility index (Phi) is 7.04. The van der Waals surface area contributed by atoms with Gasteiger partial charge in [0, 0.05) is 0 Å². The predicted octanol–water partition coefficient (Wildman–Crippen LogP) is 4.18. The lowest BCUT2D eigenvalue weighted by Crippen LogP contribution is -2.21. The number of rotatable bonds is 8. The van der Waals surface area contributed by atoms with Crippen LogP contribution in [-0.2, 0) is 22.4 Å². The van der Waals surface area contributed by atoms with E-state index in [4.69, 9.17) is 4.74 Å². The van der Waals surface area contributed by atoms with Crippen LogP contribution in [-0.4, -0.2) is 12.6 Å². The van der Waals surface area contributed by atoms with Crippen LogP contribution >= 0.6 is 0 Å². The van der Waals surface area contributed by atoms with E-state index in [-0.39, 0.29) is 5.92 Å². The molecule has 1 atom stereocenters. The van der Waals surface area contributed by atoms with Gasteiger partial charge in [-0.1, -0.05) is 60.7 Å². The molecule has 1 unspecified atom stereocenters. The second-order valence-electron chi connectivity index (χ2n) is 5.91. The Morgan fingerprint density at radius 2 is 1.50 bits per heavy atom. The first-order valence-electron chi connectivity index (χ1n) is 8.37. The van der Waals surface area contributed by atoms with Crippen LogP contribution in [0.15, 0.2) is 60.7 Å². The summed E-state index contributed by atoms with van der Waals surface area (Å²) in [5.41, 5.74) is 2.44. The van der Waals surface area contributed by atoms with Crippen molar-refractivity contribution in [2.45, 2.75) is 26.2 Å². The quantitative estimate of drug-likeness (QED) is 0.685. The number of carbonyl (C=O) groups is 1. The minimum absolute atomic E-state index is 0.212. The van der Waals surface area contributed by atoms with Crippen molar-refractivity contribution in [3.8, 4) is 6.07 Å². The maximum atomic E-state index is 12.0. The molecule has 0 spiro atoms. The maximum absolute atomic E-state index is 12.0. The number of nitriles is 1. The second kappa shape index (κ2) is 9.52. The van der Waals surface area contributed by atoms with Crippen LogP contribution in [0.1, 0.15) is 24.5 Å². The Morgan fingerprint density at radius 1 is 1.00 bits per heavy atom. The number of carbonyl (C=O) groups excluding carboxylic acids is 1. The summed E-state index contributed by atoms with van der Waals surface area (Å²) in [5, 5.41) is 9.35. The first-order valence-corrected chi connectivity index (χ1v) is 8.37. The fourth-order valence-electron chi connectivity index (χ4n) is 2.91. The van der Waals surface area contributed by atoms with Gasteiger partial charge < -0.3 is 4.74 Å². The van der Waals surface area contributed by atoms with Gasteiger partial charge in [0.1, 0.15) is 5.92 Å². The smallest absolute Gasteiger partial charge is 0.323 e. The average Bonchev–Trinajstić information content (AvgIpc) is 2.61. The highest BCUT2D eigenvalue weighted by Gasteiger charge is 2.24. The highest BCUT2D eigenvalue weighted by atomic mass is 16.5. The molecule has 2 aromatic carbocycles. The molecular formula is C21H23NO2. The fraction of sp³-hybridized carbons (Fsp3) is 0.333. The van der Waals surface area contributed by atoms with Crippen molar-refractivity contribution in [3.05, 3.63) is 71.8 Å². The standard InChI is InChI=1S/C21H23NO2/c1-2-24-21(23)20(16-22)15-19(13-17-9-5-3-6-10-17)14-18-11-7-4-8-12-18/h3-12,19-20H,2,13-15H2,1H3. The third-order valence-electron chi connectivity index (χ3n) is 4.03. The van der Waals surface area contributed by atoms with Gasteiger partial charge in [0.15, 0.2) is 0 Å².